The van der Waals surface area contributed by atoms with Gasteiger partial charge in [0.15, 0.2) is 0 Å². The molecule has 0 saturated heterocycles. The van der Waals surface area contributed by atoms with Crippen molar-refractivity contribution in [1.82, 2.24) is 0 Å². The average molecular weight is 224 g/mol. The Morgan fingerprint density at radius 3 is 2.47 bits per heavy atom. The highest BCUT2D eigenvalue weighted by Crippen LogP contribution is 2.14. The van der Waals surface area contributed by atoms with Crippen molar-refractivity contribution in [3.05, 3.63) is 29.8 Å². The lowest BCUT2D eigenvalue weighted by molar-refractivity contribution is 0.516. The third-order valence-electron chi connectivity index (χ3n) is 2.53. The van der Waals surface area contributed by atoms with Crippen LogP contribution in [0.5, 0.6) is 0 Å². The molecule has 15 heavy (non-hydrogen) atoms. The van der Waals surface area contributed by atoms with Crippen LogP contribution >= 0.6 is 12.6 Å². The number of rotatable bonds is 4. The number of hydrogen-bond donors (Lipinski definition) is 1. The summed E-state index contributed by atoms with van der Waals surface area (Å²) in [7, 11) is 0. The SMILES string of the molecule is CC.CC[C@@H](C)CCc1cccc(S)c1. The average Bonchev–Trinajstić information content (AvgIpc) is 2.29. The molecule has 0 spiro atoms. The van der Waals surface area contributed by atoms with Gasteiger partial charge in [-0.15, -0.1) is 12.6 Å². The minimum absolute atomic E-state index is 0.837. The van der Waals surface area contributed by atoms with E-state index in [4.69, 9.17) is 0 Å². The molecule has 0 nitrogen and oxygen atoms in total. The van der Waals surface area contributed by atoms with Crippen molar-refractivity contribution < 1.29 is 0 Å². The smallest absolute Gasteiger partial charge is 0.00427 e. The Labute approximate surface area is 101 Å². The third kappa shape index (κ3) is 6.62. The van der Waals surface area contributed by atoms with Crippen LogP contribution in [-0.2, 0) is 6.42 Å². The fourth-order valence-corrected chi connectivity index (χ4v) is 1.58. The van der Waals surface area contributed by atoms with Crippen LogP contribution in [0, 0.1) is 5.92 Å². The second-order valence-corrected chi connectivity index (χ2v) is 4.24. The van der Waals surface area contributed by atoms with E-state index in [1.807, 2.05) is 19.9 Å². The lowest BCUT2D eigenvalue weighted by Gasteiger charge is -2.07. The molecule has 0 amide bonds. The number of benzene rings is 1. The van der Waals surface area contributed by atoms with Crippen LogP contribution in [0.1, 0.15) is 46.1 Å². The largest absolute Gasteiger partial charge is 0.143 e. The maximum Gasteiger partial charge on any atom is 0.00427 e. The quantitative estimate of drug-likeness (QED) is 0.685. The Morgan fingerprint density at radius 1 is 1.27 bits per heavy atom. The van der Waals surface area contributed by atoms with Crippen molar-refractivity contribution in [2.45, 2.75) is 51.9 Å². The Morgan fingerprint density at radius 2 is 1.93 bits per heavy atom. The summed E-state index contributed by atoms with van der Waals surface area (Å²) in [6.07, 6.45) is 3.75. The standard InChI is InChI=1S/C12H18S.C2H6/c1-3-10(2)7-8-11-5-4-6-12(13)9-11;1-2/h4-6,9-10,13H,3,7-8H2,1-2H3;1-2H3/t10-;/m1./s1. The monoisotopic (exact) mass is 224 g/mol. The van der Waals surface area contributed by atoms with E-state index in [1.165, 1.54) is 24.8 Å². The molecule has 0 bridgehead atoms. The molecule has 0 N–H and O–H groups in total. The van der Waals surface area contributed by atoms with Gasteiger partial charge in [-0.25, -0.2) is 0 Å². The van der Waals surface area contributed by atoms with Gasteiger partial charge >= 0.3 is 0 Å². The molecule has 1 rings (SSSR count). The molecule has 0 aliphatic carbocycles. The summed E-state index contributed by atoms with van der Waals surface area (Å²) in [6.45, 7) is 8.56. The summed E-state index contributed by atoms with van der Waals surface area (Å²) >= 11 is 4.32. The van der Waals surface area contributed by atoms with Crippen molar-refractivity contribution in [2.75, 3.05) is 0 Å². The van der Waals surface area contributed by atoms with E-state index in [-0.39, 0.29) is 0 Å². The van der Waals surface area contributed by atoms with Gasteiger partial charge in [-0.05, 0) is 36.5 Å². The van der Waals surface area contributed by atoms with Crippen molar-refractivity contribution in [1.29, 1.82) is 0 Å². The Bertz CT molecular complexity index is 255. The van der Waals surface area contributed by atoms with Gasteiger partial charge < -0.3 is 0 Å². The van der Waals surface area contributed by atoms with Crippen molar-refractivity contribution >= 4 is 12.6 Å². The highest BCUT2D eigenvalue weighted by Gasteiger charge is 1.99. The van der Waals surface area contributed by atoms with Crippen LogP contribution in [0.25, 0.3) is 0 Å². The zero-order valence-electron chi connectivity index (χ0n) is 10.5. The number of thiol groups is 1. The van der Waals surface area contributed by atoms with Gasteiger partial charge in [0.1, 0.15) is 0 Å². The van der Waals surface area contributed by atoms with E-state index < -0.39 is 0 Å². The van der Waals surface area contributed by atoms with Gasteiger partial charge in [-0.2, -0.15) is 0 Å². The summed E-state index contributed by atoms with van der Waals surface area (Å²) < 4.78 is 0. The van der Waals surface area contributed by atoms with Crippen LogP contribution < -0.4 is 0 Å². The van der Waals surface area contributed by atoms with Crippen LogP contribution in [-0.4, -0.2) is 0 Å². The molecule has 0 saturated carbocycles. The molecule has 1 heteroatoms. The molecule has 1 aromatic carbocycles. The Hall–Kier alpha value is -0.430. The van der Waals surface area contributed by atoms with Gasteiger partial charge in [0.05, 0.1) is 0 Å². The molecule has 86 valence electrons. The number of aryl methyl sites for hydroxylation is 1. The van der Waals surface area contributed by atoms with E-state index >= 15 is 0 Å². The first-order valence-corrected chi connectivity index (χ1v) is 6.45. The van der Waals surface area contributed by atoms with Crippen LogP contribution in [0.2, 0.25) is 0 Å². The molecular weight excluding hydrogens is 200 g/mol. The molecule has 0 radical (unpaired) electrons. The van der Waals surface area contributed by atoms with Crippen molar-refractivity contribution in [3.8, 4) is 0 Å². The zero-order valence-corrected chi connectivity index (χ0v) is 11.3. The minimum atomic E-state index is 0.837. The molecule has 0 fully saturated rings. The molecule has 1 atom stereocenters. The first-order chi connectivity index (χ1) is 7.22. The van der Waals surface area contributed by atoms with Crippen LogP contribution in [0.4, 0.5) is 0 Å². The highest BCUT2D eigenvalue weighted by molar-refractivity contribution is 7.80. The molecule has 0 aliphatic heterocycles. The molecule has 1 aromatic rings. The van der Waals surface area contributed by atoms with Gasteiger partial charge in [0, 0.05) is 4.90 Å². The van der Waals surface area contributed by atoms with E-state index in [0.29, 0.717) is 0 Å². The fourth-order valence-electron chi connectivity index (χ4n) is 1.33. The normalized spacial score (nSPS) is 11.5. The highest BCUT2D eigenvalue weighted by atomic mass is 32.1. The van der Waals surface area contributed by atoms with Crippen molar-refractivity contribution in [3.63, 3.8) is 0 Å². The lowest BCUT2D eigenvalue weighted by atomic mass is 9.99. The predicted octanol–water partition coefficient (Wildman–Crippen LogP) is 4.98. The zero-order chi connectivity index (χ0) is 11.7. The van der Waals surface area contributed by atoms with Crippen LogP contribution in [0.15, 0.2) is 29.2 Å². The summed E-state index contributed by atoms with van der Waals surface area (Å²) in [5, 5.41) is 0. The number of hydrogen-bond acceptors (Lipinski definition) is 1. The summed E-state index contributed by atoms with van der Waals surface area (Å²) in [6, 6.07) is 8.44. The molecule has 0 aromatic heterocycles. The maximum absolute atomic E-state index is 4.32. The maximum atomic E-state index is 4.32. The topological polar surface area (TPSA) is 0 Å². The van der Waals surface area contributed by atoms with Gasteiger partial charge in [0.2, 0.25) is 0 Å². The minimum Gasteiger partial charge on any atom is -0.143 e. The second kappa shape index (κ2) is 8.84. The lowest BCUT2D eigenvalue weighted by Crippen LogP contribution is -1.95. The molecule has 0 aliphatic rings. The van der Waals surface area contributed by atoms with E-state index in [0.717, 1.165) is 10.8 Å². The van der Waals surface area contributed by atoms with Crippen molar-refractivity contribution in [2.24, 2.45) is 5.92 Å². The molecule has 0 unspecified atom stereocenters. The summed E-state index contributed by atoms with van der Waals surface area (Å²) in [5.74, 6) is 0.837. The van der Waals surface area contributed by atoms with Crippen LogP contribution in [0.3, 0.4) is 0 Å². The van der Waals surface area contributed by atoms with E-state index in [9.17, 15) is 0 Å². The molecule has 0 heterocycles. The third-order valence-corrected chi connectivity index (χ3v) is 2.81. The Kier molecular flexibility index (Phi) is 8.59. The van der Waals surface area contributed by atoms with Gasteiger partial charge in [0.25, 0.3) is 0 Å². The summed E-state index contributed by atoms with van der Waals surface area (Å²) in [5.41, 5.74) is 1.41. The predicted molar refractivity (Wildman–Crippen MR) is 72.8 cm³/mol. The molecular formula is C14H24S. The summed E-state index contributed by atoms with van der Waals surface area (Å²) in [4.78, 5) is 1.07. The fraction of sp³-hybridized carbons (Fsp3) is 0.571. The second-order valence-electron chi connectivity index (χ2n) is 3.72. The van der Waals surface area contributed by atoms with E-state index in [2.05, 4.69) is 44.7 Å². The first-order valence-electron chi connectivity index (χ1n) is 6.00. The Balaban J connectivity index is 0.000000921. The van der Waals surface area contributed by atoms with Gasteiger partial charge in [-0.1, -0.05) is 46.2 Å². The first kappa shape index (κ1) is 14.6. The van der Waals surface area contributed by atoms with Gasteiger partial charge in [-0.3, -0.25) is 0 Å². The van der Waals surface area contributed by atoms with E-state index in [1.54, 1.807) is 0 Å².